The third-order valence-electron chi connectivity index (χ3n) is 4.14. The Kier molecular flexibility index (Phi) is 4.89. The lowest BCUT2D eigenvalue weighted by atomic mass is 10.1. The lowest BCUT2D eigenvalue weighted by molar-refractivity contribution is -0.137. The molecule has 8 heteroatoms. The second-order valence-corrected chi connectivity index (χ2v) is 6.23. The van der Waals surface area contributed by atoms with Gasteiger partial charge in [-0.1, -0.05) is 11.6 Å². The van der Waals surface area contributed by atoms with Crippen LogP contribution in [0.5, 0.6) is 5.75 Å². The number of piperidine rings is 1. The number of rotatable bonds is 4. The third-order valence-corrected chi connectivity index (χ3v) is 4.39. The molecule has 4 amide bonds. The first kappa shape index (κ1) is 16.6. The van der Waals surface area contributed by atoms with Gasteiger partial charge in [0.15, 0.2) is 0 Å². The van der Waals surface area contributed by atoms with Gasteiger partial charge >= 0.3 is 6.03 Å². The Morgan fingerprint density at radius 3 is 2.46 bits per heavy atom. The van der Waals surface area contributed by atoms with E-state index < -0.39 is 6.03 Å². The summed E-state index contributed by atoms with van der Waals surface area (Å²) in [6.07, 6.45) is 1.44. The van der Waals surface area contributed by atoms with E-state index in [1.807, 2.05) is 12.1 Å². The molecule has 0 aromatic heterocycles. The van der Waals surface area contributed by atoms with Crippen molar-refractivity contribution in [3.8, 4) is 5.75 Å². The van der Waals surface area contributed by atoms with Gasteiger partial charge in [0.05, 0.1) is 6.54 Å². The van der Waals surface area contributed by atoms with Gasteiger partial charge in [0, 0.05) is 31.0 Å². The molecule has 2 aliphatic heterocycles. The molecule has 0 unspecified atom stereocenters. The number of amides is 4. The second-order valence-electron chi connectivity index (χ2n) is 5.79. The minimum Gasteiger partial charge on any atom is -0.490 e. The van der Waals surface area contributed by atoms with Crippen LogP contribution in [0.2, 0.25) is 5.02 Å². The zero-order chi connectivity index (χ0) is 17.1. The van der Waals surface area contributed by atoms with Crippen LogP contribution in [0, 0.1) is 0 Å². The molecule has 128 valence electrons. The maximum atomic E-state index is 12.2. The van der Waals surface area contributed by atoms with Gasteiger partial charge in [-0.15, -0.1) is 0 Å². The number of hydrogen-bond acceptors (Lipinski definition) is 4. The molecule has 0 spiro atoms. The van der Waals surface area contributed by atoms with Crippen LogP contribution in [0.4, 0.5) is 4.79 Å². The summed E-state index contributed by atoms with van der Waals surface area (Å²) in [5, 5.41) is 3.06. The van der Waals surface area contributed by atoms with Crippen molar-refractivity contribution in [3.63, 3.8) is 0 Å². The summed E-state index contributed by atoms with van der Waals surface area (Å²) in [6, 6.07) is 6.67. The number of carbonyl (C=O) groups is 3. The maximum absolute atomic E-state index is 12.2. The summed E-state index contributed by atoms with van der Waals surface area (Å²) in [5.41, 5.74) is 0. The molecule has 0 radical (unpaired) electrons. The number of nitrogens with one attached hydrogen (secondary N) is 1. The molecule has 1 aromatic carbocycles. The molecule has 0 atom stereocenters. The van der Waals surface area contributed by atoms with Crippen LogP contribution in [0.25, 0.3) is 0 Å². The van der Waals surface area contributed by atoms with Crippen molar-refractivity contribution in [1.29, 1.82) is 0 Å². The quantitative estimate of drug-likeness (QED) is 0.828. The molecular formula is C16H18ClN3O4. The number of nitrogens with zero attached hydrogens (tertiary/aromatic N) is 2. The van der Waals surface area contributed by atoms with Crippen LogP contribution < -0.4 is 10.1 Å². The lowest BCUT2D eigenvalue weighted by Crippen LogP contribution is -2.47. The van der Waals surface area contributed by atoms with Crippen molar-refractivity contribution >= 4 is 29.4 Å². The van der Waals surface area contributed by atoms with E-state index in [1.165, 1.54) is 0 Å². The highest BCUT2D eigenvalue weighted by Crippen LogP contribution is 2.21. The van der Waals surface area contributed by atoms with E-state index in [9.17, 15) is 14.4 Å². The highest BCUT2D eigenvalue weighted by atomic mass is 35.5. The Hall–Kier alpha value is -2.28. The Bertz CT molecular complexity index is 625. The summed E-state index contributed by atoms with van der Waals surface area (Å²) in [6.45, 7) is 0.845. The Morgan fingerprint density at radius 2 is 1.88 bits per heavy atom. The molecule has 2 aliphatic rings. The van der Waals surface area contributed by atoms with Gasteiger partial charge in [0.25, 0.3) is 5.91 Å². The van der Waals surface area contributed by atoms with E-state index in [-0.39, 0.29) is 31.0 Å². The highest BCUT2D eigenvalue weighted by molar-refractivity contribution is 6.30. The molecule has 0 saturated carbocycles. The lowest BCUT2D eigenvalue weighted by Gasteiger charge is -2.32. The fraction of sp³-hybridized carbons (Fsp3) is 0.438. The maximum Gasteiger partial charge on any atom is 0.325 e. The standard InChI is InChI=1S/C16H18ClN3O4/c17-11-1-3-12(4-2-11)24-13-5-7-19(8-6-13)15(22)10-20-14(21)9-18-16(20)23/h1-4,13H,5-10H2,(H,18,23). The molecule has 2 heterocycles. The van der Waals surface area contributed by atoms with Gasteiger partial charge in [-0.05, 0) is 24.3 Å². The third kappa shape index (κ3) is 3.79. The minimum atomic E-state index is -0.505. The Labute approximate surface area is 144 Å². The van der Waals surface area contributed by atoms with Crippen molar-refractivity contribution in [2.45, 2.75) is 18.9 Å². The number of likely N-dealkylation sites (tertiary alicyclic amines) is 1. The average molecular weight is 352 g/mol. The topological polar surface area (TPSA) is 79.0 Å². The van der Waals surface area contributed by atoms with E-state index in [0.29, 0.717) is 31.0 Å². The Morgan fingerprint density at radius 1 is 1.21 bits per heavy atom. The van der Waals surface area contributed by atoms with Gasteiger partial charge in [-0.3, -0.25) is 14.5 Å². The number of benzene rings is 1. The summed E-state index contributed by atoms with van der Waals surface area (Å²) >= 11 is 5.84. The van der Waals surface area contributed by atoms with E-state index in [4.69, 9.17) is 16.3 Å². The molecule has 24 heavy (non-hydrogen) atoms. The van der Waals surface area contributed by atoms with E-state index in [1.54, 1.807) is 17.0 Å². The van der Waals surface area contributed by atoms with Gasteiger partial charge in [-0.2, -0.15) is 0 Å². The van der Waals surface area contributed by atoms with Crippen molar-refractivity contribution in [3.05, 3.63) is 29.3 Å². The molecule has 2 saturated heterocycles. The summed E-state index contributed by atoms with van der Waals surface area (Å²) < 4.78 is 5.88. The van der Waals surface area contributed by atoms with Crippen molar-refractivity contribution in [1.82, 2.24) is 15.1 Å². The molecule has 3 rings (SSSR count). The van der Waals surface area contributed by atoms with Gasteiger partial charge in [0.2, 0.25) is 5.91 Å². The normalized spacial score (nSPS) is 18.7. The second kappa shape index (κ2) is 7.09. The summed E-state index contributed by atoms with van der Waals surface area (Å²) in [4.78, 5) is 37.9. The van der Waals surface area contributed by atoms with Crippen molar-refractivity contribution in [2.24, 2.45) is 0 Å². The number of urea groups is 1. The molecule has 0 bridgehead atoms. The molecule has 2 fully saturated rings. The summed E-state index contributed by atoms with van der Waals surface area (Å²) in [7, 11) is 0. The Balaban J connectivity index is 1.47. The number of carbonyl (C=O) groups excluding carboxylic acids is 3. The zero-order valence-electron chi connectivity index (χ0n) is 13.0. The fourth-order valence-electron chi connectivity index (χ4n) is 2.78. The van der Waals surface area contributed by atoms with Crippen molar-refractivity contribution in [2.75, 3.05) is 26.2 Å². The number of hydrogen-bond donors (Lipinski definition) is 1. The molecule has 1 N–H and O–H groups in total. The van der Waals surface area contributed by atoms with Crippen LogP contribution in [-0.4, -0.2) is 59.9 Å². The van der Waals surface area contributed by atoms with Crippen molar-refractivity contribution < 1.29 is 19.1 Å². The van der Waals surface area contributed by atoms with Gasteiger partial charge < -0.3 is 15.0 Å². The fourth-order valence-corrected chi connectivity index (χ4v) is 2.91. The van der Waals surface area contributed by atoms with E-state index >= 15 is 0 Å². The zero-order valence-corrected chi connectivity index (χ0v) is 13.8. The van der Waals surface area contributed by atoms with Crippen LogP contribution in [0.15, 0.2) is 24.3 Å². The number of ether oxygens (including phenoxy) is 1. The van der Waals surface area contributed by atoms with Crippen LogP contribution in [-0.2, 0) is 9.59 Å². The monoisotopic (exact) mass is 351 g/mol. The molecule has 1 aromatic rings. The first-order valence-electron chi connectivity index (χ1n) is 7.81. The van der Waals surface area contributed by atoms with Gasteiger partial charge in [-0.25, -0.2) is 4.79 Å². The van der Waals surface area contributed by atoms with Crippen LogP contribution in [0.1, 0.15) is 12.8 Å². The highest BCUT2D eigenvalue weighted by Gasteiger charge is 2.32. The van der Waals surface area contributed by atoms with Gasteiger partial charge in [0.1, 0.15) is 18.4 Å². The smallest absolute Gasteiger partial charge is 0.325 e. The largest absolute Gasteiger partial charge is 0.490 e. The number of imide groups is 1. The SMILES string of the molecule is O=C(CN1C(=O)CNC1=O)N1CCC(Oc2ccc(Cl)cc2)CC1. The predicted octanol–water partition coefficient (Wildman–Crippen LogP) is 1.26. The minimum absolute atomic E-state index is 0.0342. The average Bonchev–Trinajstić information content (AvgIpc) is 2.89. The first-order valence-corrected chi connectivity index (χ1v) is 8.19. The van der Waals surface area contributed by atoms with Crippen LogP contribution in [0.3, 0.4) is 0 Å². The van der Waals surface area contributed by atoms with E-state index in [0.717, 1.165) is 10.6 Å². The van der Waals surface area contributed by atoms with Crippen LogP contribution >= 0.6 is 11.6 Å². The van der Waals surface area contributed by atoms with E-state index in [2.05, 4.69) is 5.32 Å². The number of halogens is 1. The molecule has 0 aliphatic carbocycles. The molecular weight excluding hydrogens is 334 g/mol. The summed E-state index contributed by atoms with van der Waals surface area (Å²) in [5.74, 6) is 0.170. The first-order chi connectivity index (χ1) is 11.5. The predicted molar refractivity (Wildman–Crippen MR) is 86.8 cm³/mol. The molecule has 7 nitrogen and oxygen atoms in total.